The second kappa shape index (κ2) is 6.00. The number of aromatic nitrogens is 5. The Labute approximate surface area is 153 Å². The van der Waals surface area contributed by atoms with Crippen LogP contribution in [0.1, 0.15) is 18.9 Å². The van der Waals surface area contributed by atoms with Gasteiger partial charge in [-0.05, 0) is 44.1 Å². The van der Waals surface area contributed by atoms with Crippen molar-refractivity contribution in [1.29, 1.82) is 0 Å². The quantitative estimate of drug-likeness (QED) is 0.589. The zero-order chi connectivity index (χ0) is 17.7. The van der Waals surface area contributed by atoms with Crippen molar-refractivity contribution in [2.24, 2.45) is 7.05 Å². The van der Waals surface area contributed by atoms with Gasteiger partial charge in [0, 0.05) is 30.2 Å². The lowest BCUT2D eigenvalue weighted by Gasteiger charge is -2.24. The maximum absolute atomic E-state index is 12.9. The van der Waals surface area contributed by atoms with E-state index in [9.17, 15) is 4.79 Å². The summed E-state index contributed by atoms with van der Waals surface area (Å²) in [7, 11) is 1.91. The third kappa shape index (κ3) is 2.53. The van der Waals surface area contributed by atoms with E-state index in [4.69, 9.17) is 0 Å². The zero-order valence-electron chi connectivity index (χ0n) is 14.3. The van der Waals surface area contributed by atoms with Crippen molar-refractivity contribution < 1.29 is 0 Å². The predicted octanol–water partition coefficient (Wildman–Crippen LogP) is 2.33. The molecular weight excluding hydrogens is 348 g/mol. The van der Waals surface area contributed by atoms with Crippen LogP contribution >= 0.6 is 11.3 Å². The van der Waals surface area contributed by atoms with E-state index in [-0.39, 0.29) is 11.6 Å². The van der Waals surface area contributed by atoms with Gasteiger partial charge in [0.05, 0.1) is 11.8 Å². The SMILES string of the molecule is Cn1cc2cc(-c3nc4c(=O)n(C5CCNCC5)cnc4s3)ccc2n1. The molecule has 8 heteroatoms. The molecular formula is C18H18N6OS. The van der Waals surface area contributed by atoms with Gasteiger partial charge in [0.2, 0.25) is 0 Å². The summed E-state index contributed by atoms with van der Waals surface area (Å²) < 4.78 is 3.56. The summed E-state index contributed by atoms with van der Waals surface area (Å²) in [4.78, 5) is 22.8. The molecule has 0 atom stereocenters. The standard InChI is InChI=1S/C18H18N6OS/c1-23-9-12-8-11(2-3-14(12)22-23)16-21-15-17(26-16)20-10-24(18(15)25)13-4-6-19-7-5-13/h2-3,8-10,13,19H,4-7H2,1H3. The largest absolute Gasteiger partial charge is 0.317 e. The molecule has 0 aliphatic carbocycles. The van der Waals surface area contributed by atoms with E-state index in [2.05, 4.69) is 26.4 Å². The number of rotatable bonds is 2. The molecule has 4 heterocycles. The van der Waals surface area contributed by atoms with E-state index < -0.39 is 0 Å². The van der Waals surface area contributed by atoms with Crippen LogP contribution in [0.25, 0.3) is 31.8 Å². The molecule has 1 aliphatic heterocycles. The van der Waals surface area contributed by atoms with Gasteiger partial charge in [0.1, 0.15) is 5.01 Å². The second-order valence-corrected chi connectivity index (χ2v) is 7.66. The van der Waals surface area contributed by atoms with Crippen LogP contribution in [0.5, 0.6) is 0 Å². The zero-order valence-corrected chi connectivity index (χ0v) is 15.2. The summed E-state index contributed by atoms with van der Waals surface area (Å²) in [5.41, 5.74) is 2.37. The van der Waals surface area contributed by atoms with Crippen LogP contribution in [0.15, 0.2) is 35.5 Å². The van der Waals surface area contributed by atoms with Crippen molar-refractivity contribution in [3.63, 3.8) is 0 Å². The van der Waals surface area contributed by atoms with Crippen molar-refractivity contribution in [1.82, 2.24) is 29.6 Å². The fraction of sp³-hybridized carbons (Fsp3) is 0.333. The maximum Gasteiger partial charge on any atom is 0.281 e. The summed E-state index contributed by atoms with van der Waals surface area (Å²) in [6.45, 7) is 1.87. The van der Waals surface area contributed by atoms with Crippen LogP contribution in [0.2, 0.25) is 0 Å². The Balaban J connectivity index is 1.60. The molecule has 5 rings (SSSR count). The molecule has 0 spiro atoms. The second-order valence-electron chi connectivity index (χ2n) is 6.69. The van der Waals surface area contributed by atoms with E-state index in [0.29, 0.717) is 10.3 Å². The van der Waals surface area contributed by atoms with Gasteiger partial charge >= 0.3 is 0 Å². The average molecular weight is 366 g/mol. The minimum absolute atomic E-state index is 0.0353. The van der Waals surface area contributed by atoms with Crippen LogP contribution in [-0.4, -0.2) is 37.4 Å². The molecule has 4 aromatic rings. The van der Waals surface area contributed by atoms with Crippen LogP contribution in [-0.2, 0) is 7.05 Å². The number of thiazole rings is 1. The van der Waals surface area contributed by atoms with Crippen molar-refractivity contribution in [2.45, 2.75) is 18.9 Å². The first-order valence-electron chi connectivity index (χ1n) is 8.71. The van der Waals surface area contributed by atoms with Gasteiger partial charge in [0.25, 0.3) is 5.56 Å². The number of nitrogens with zero attached hydrogens (tertiary/aromatic N) is 5. The van der Waals surface area contributed by atoms with E-state index >= 15 is 0 Å². The summed E-state index contributed by atoms with van der Waals surface area (Å²) in [6, 6.07) is 6.25. The van der Waals surface area contributed by atoms with Gasteiger partial charge in [-0.25, -0.2) is 9.97 Å². The smallest absolute Gasteiger partial charge is 0.281 e. The highest BCUT2D eigenvalue weighted by Crippen LogP contribution is 2.30. The molecule has 0 saturated carbocycles. The van der Waals surface area contributed by atoms with Crippen LogP contribution < -0.4 is 10.9 Å². The Hall–Kier alpha value is -2.58. The first-order valence-corrected chi connectivity index (χ1v) is 9.53. The molecule has 3 aromatic heterocycles. The van der Waals surface area contributed by atoms with Gasteiger partial charge in [0.15, 0.2) is 10.3 Å². The Morgan fingerprint density at radius 3 is 2.96 bits per heavy atom. The van der Waals surface area contributed by atoms with Gasteiger partial charge in [-0.3, -0.25) is 14.0 Å². The number of aryl methyl sites for hydroxylation is 1. The lowest BCUT2D eigenvalue weighted by molar-refractivity contribution is 0.359. The number of nitrogens with one attached hydrogen (secondary N) is 1. The molecule has 0 radical (unpaired) electrons. The third-order valence-electron chi connectivity index (χ3n) is 4.91. The molecule has 132 valence electrons. The first-order chi connectivity index (χ1) is 12.7. The van der Waals surface area contributed by atoms with Crippen LogP contribution in [0, 0.1) is 0 Å². The van der Waals surface area contributed by atoms with Crippen molar-refractivity contribution >= 4 is 32.6 Å². The minimum atomic E-state index is -0.0353. The fourth-order valence-corrected chi connectivity index (χ4v) is 4.47. The van der Waals surface area contributed by atoms with E-state index in [0.717, 1.165) is 47.4 Å². The Morgan fingerprint density at radius 1 is 1.27 bits per heavy atom. The minimum Gasteiger partial charge on any atom is -0.317 e. The van der Waals surface area contributed by atoms with Crippen molar-refractivity contribution in [3.8, 4) is 10.6 Å². The topological polar surface area (TPSA) is 77.6 Å². The average Bonchev–Trinajstić information content (AvgIpc) is 3.25. The maximum atomic E-state index is 12.9. The highest BCUT2D eigenvalue weighted by molar-refractivity contribution is 7.21. The lowest BCUT2D eigenvalue weighted by Crippen LogP contribution is -2.34. The number of benzene rings is 1. The molecule has 1 saturated heterocycles. The number of fused-ring (bicyclic) bond motifs is 2. The fourth-order valence-electron chi connectivity index (χ4n) is 3.58. The van der Waals surface area contributed by atoms with Gasteiger partial charge < -0.3 is 5.32 Å². The molecule has 0 unspecified atom stereocenters. The number of hydrogen-bond acceptors (Lipinski definition) is 6. The number of piperidine rings is 1. The molecule has 1 aliphatic rings. The normalized spacial score (nSPS) is 15.9. The van der Waals surface area contributed by atoms with Gasteiger partial charge in [-0.1, -0.05) is 11.3 Å². The number of hydrogen-bond donors (Lipinski definition) is 1. The van der Waals surface area contributed by atoms with E-state index in [1.165, 1.54) is 11.3 Å². The van der Waals surface area contributed by atoms with Crippen LogP contribution in [0.3, 0.4) is 0 Å². The van der Waals surface area contributed by atoms with Crippen LogP contribution in [0.4, 0.5) is 0 Å². The molecule has 0 amide bonds. The predicted molar refractivity (Wildman–Crippen MR) is 103 cm³/mol. The highest BCUT2D eigenvalue weighted by atomic mass is 32.1. The Bertz CT molecular complexity index is 1170. The molecule has 26 heavy (non-hydrogen) atoms. The van der Waals surface area contributed by atoms with Crippen molar-refractivity contribution in [2.75, 3.05) is 13.1 Å². The molecule has 7 nitrogen and oxygen atoms in total. The van der Waals surface area contributed by atoms with E-state index in [1.54, 1.807) is 15.6 Å². The highest BCUT2D eigenvalue weighted by Gasteiger charge is 2.19. The summed E-state index contributed by atoms with van der Waals surface area (Å²) >= 11 is 1.46. The van der Waals surface area contributed by atoms with Gasteiger partial charge in [-0.15, -0.1) is 0 Å². The summed E-state index contributed by atoms with van der Waals surface area (Å²) in [6.07, 6.45) is 5.56. The van der Waals surface area contributed by atoms with Gasteiger partial charge in [-0.2, -0.15) is 5.10 Å². The monoisotopic (exact) mass is 366 g/mol. The molecule has 0 bridgehead atoms. The van der Waals surface area contributed by atoms with Crippen molar-refractivity contribution in [3.05, 3.63) is 41.1 Å². The lowest BCUT2D eigenvalue weighted by atomic mass is 10.1. The Kier molecular flexibility index (Phi) is 3.61. The third-order valence-corrected chi connectivity index (χ3v) is 5.93. The van der Waals surface area contributed by atoms with E-state index in [1.807, 2.05) is 25.4 Å². The summed E-state index contributed by atoms with van der Waals surface area (Å²) in [5, 5.41) is 9.60. The Morgan fingerprint density at radius 2 is 2.12 bits per heavy atom. The molecule has 1 aromatic carbocycles. The first kappa shape index (κ1) is 15.7. The molecule has 1 fully saturated rings. The molecule has 1 N–H and O–H groups in total. The summed E-state index contributed by atoms with van der Waals surface area (Å²) in [5.74, 6) is 0.